The Morgan fingerprint density at radius 1 is 0.905 bits per heavy atom. The molecule has 0 saturated carbocycles. The number of hydrogen-bond acceptors (Lipinski definition) is 1. The lowest BCUT2D eigenvalue weighted by Gasteiger charge is -2.17. The van der Waals surface area contributed by atoms with Crippen molar-refractivity contribution in [2.24, 2.45) is 0 Å². The second-order valence-electron chi connectivity index (χ2n) is 5.19. The third kappa shape index (κ3) is 2.40. The normalized spacial score (nSPS) is 12.2. The van der Waals surface area contributed by atoms with Crippen LogP contribution in [0.15, 0.2) is 66.7 Å². The summed E-state index contributed by atoms with van der Waals surface area (Å²) in [6.07, 6.45) is 0. The summed E-state index contributed by atoms with van der Waals surface area (Å²) in [7, 11) is 0. The Morgan fingerprint density at radius 2 is 1.57 bits per heavy atom. The van der Waals surface area contributed by atoms with E-state index in [-0.39, 0.29) is 5.92 Å². The molecule has 0 aromatic heterocycles. The predicted molar refractivity (Wildman–Crippen MR) is 84.9 cm³/mol. The summed E-state index contributed by atoms with van der Waals surface area (Å²) in [4.78, 5) is 11.8. The largest absolute Gasteiger partial charge is 0.478 e. The van der Waals surface area contributed by atoms with Crippen molar-refractivity contribution in [1.82, 2.24) is 0 Å². The zero-order chi connectivity index (χ0) is 14.8. The van der Waals surface area contributed by atoms with Gasteiger partial charge in [0, 0.05) is 5.92 Å². The molecular formula is C19H16O2. The van der Waals surface area contributed by atoms with Crippen molar-refractivity contribution >= 4 is 16.7 Å². The molecule has 0 heterocycles. The van der Waals surface area contributed by atoms with E-state index in [0.29, 0.717) is 5.56 Å². The van der Waals surface area contributed by atoms with Crippen LogP contribution in [0.25, 0.3) is 10.8 Å². The third-order valence-electron chi connectivity index (χ3n) is 3.94. The lowest BCUT2D eigenvalue weighted by atomic mass is 9.87. The van der Waals surface area contributed by atoms with E-state index in [1.165, 1.54) is 0 Å². The number of carbonyl (C=O) groups is 1. The molecule has 0 bridgehead atoms. The van der Waals surface area contributed by atoms with Crippen molar-refractivity contribution < 1.29 is 9.90 Å². The number of aromatic carboxylic acids is 1. The summed E-state index contributed by atoms with van der Waals surface area (Å²) >= 11 is 0. The molecule has 3 aromatic carbocycles. The number of carboxylic acids is 1. The monoisotopic (exact) mass is 276 g/mol. The molecule has 0 saturated heterocycles. The van der Waals surface area contributed by atoms with Gasteiger partial charge in [-0.1, -0.05) is 73.7 Å². The Morgan fingerprint density at radius 3 is 2.29 bits per heavy atom. The van der Waals surface area contributed by atoms with Gasteiger partial charge < -0.3 is 5.11 Å². The third-order valence-corrected chi connectivity index (χ3v) is 3.94. The van der Waals surface area contributed by atoms with E-state index in [1.807, 2.05) is 73.7 Å². The Bertz CT molecular complexity index is 791. The van der Waals surface area contributed by atoms with Gasteiger partial charge in [-0.3, -0.25) is 0 Å². The van der Waals surface area contributed by atoms with Gasteiger partial charge in [0.25, 0.3) is 0 Å². The molecule has 0 spiro atoms. The summed E-state index contributed by atoms with van der Waals surface area (Å²) in [6.45, 7) is 2.05. The topological polar surface area (TPSA) is 37.3 Å². The summed E-state index contributed by atoms with van der Waals surface area (Å²) < 4.78 is 0. The maximum atomic E-state index is 11.8. The first kappa shape index (κ1) is 13.4. The second kappa shape index (κ2) is 5.41. The van der Waals surface area contributed by atoms with Crippen molar-refractivity contribution in [2.75, 3.05) is 0 Å². The summed E-state index contributed by atoms with van der Waals surface area (Å²) in [6, 6.07) is 21.5. The molecule has 0 aliphatic rings. The highest BCUT2D eigenvalue weighted by molar-refractivity contribution is 6.05. The summed E-state index contributed by atoms with van der Waals surface area (Å²) in [5.41, 5.74) is 2.38. The van der Waals surface area contributed by atoms with Crippen LogP contribution < -0.4 is 0 Å². The quantitative estimate of drug-likeness (QED) is 0.753. The van der Waals surface area contributed by atoms with Crippen molar-refractivity contribution in [3.63, 3.8) is 0 Å². The molecule has 0 fully saturated rings. The lowest BCUT2D eigenvalue weighted by Crippen LogP contribution is -2.07. The minimum Gasteiger partial charge on any atom is -0.478 e. The number of benzene rings is 3. The maximum absolute atomic E-state index is 11.8. The molecular weight excluding hydrogens is 260 g/mol. The first-order valence-electron chi connectivity index (χ1n) is 6.98. The van der Waals surface area contributed by atoms with Gasteiger partial charge in [0.1, 0.15) is 0 Å². The molecule has 0 radical (unpaired) electrons. The molecule has 3 aromatic rings. The number of hydrogen-bond donors (Lipinski definition) is 1. The van der Waals surface area contributed by atoms with Crippen LogP contribution in [0.4, 0.5) is 0 Å². The highest BCUT2D eigenvalue weighted by Crippen LogP contribution is 2.31. The molecule has 104 valence electrons. The highest BCUT2D eigenvalue weighted by atomic mass is 16.4. The maximum Gasteiger partial charge on any atom is 0.336 e. The Labute approximate surface area is 123 Å². The Kier molecular flexibility index (Phi) is 3.44. The first-order chi connectivity index (χ1) is 10.2. The molecule has 3 rings (SSSR count). The fourth-order valence-electron chi connectivity index (χ4n) is 2.81. The SMILES string of the molecule is C[C@@H](c1ccccc1)c1ccc2ccccc2c1C(=O)O. The zero-order valence-electron chi connectivity index (χ0n) is 11.8. The van der Waals surface area contributed by atoms with E-state index in [9.17, 15) is 9.90 Å². The fourth-order valence-corrected chi connectivity index (χ4v) is 2.81. The predicted octanol–water partition coefficient (Wildman–Crippen LogP) is 4.69. The van der Waals surface area contributed by atoms with Gasteiger partial charge in [-0.2, -0.15) is 0 Å². The van der Waals surface area contributed by atoms with Crippen LogP contribution in [0.5, 0.6) is 0 Å². The van der Waals surface area contributed by atoms with Crippen LogP contribution >= 0.6 is 0 Å². The van der Waals surface area contributed by atoms with Gasteiger partial charge in [-0.05, 0) is 21.9 Å². The van der Waals surface area contributed by atoms with Gasteiger partial charge in [-0.15, -0.1) is 0 Å². The zero-order valence-corrected chi connectivity index (χ0v) is 11.8. The van der Waals surface area contributed by atoms with Crippen molar-refractivity contribution in [3.05, 3.63) is 83.4 Å². The smallest absolute Gasteiger partial charge is 0.336 e. The minimum absolute atomic E-state index is 0.0434. The molecule has 1 atom stereocenters. The van der Waals surface area contributed by atoms with Crippen LogP contribution in [0.1, 0.15) is 34.3 Å². The molecule has 1 N–H and O–H groups in total. The number of carboxylic acid groups (broad SMARTS) is 1. The van der Waals surface area contributed by atoms with Crippen LogP contribution in [0.2, 0.25) is 0 Å². The number of fused-ring (bicyclic) bond motifs is 1. The van der Waals surface area contributed by atoms with Crippen LogP contribution in [-0.4, -0.2) is 11.1 Å². The van der Waals surface area contributed by atoms with E-state index in [4.69, 9.17) is 0 Å². The van der Waals surface area contributed by atoms with Crippen LogP contribution in [0, 0.1) is 0 Å². The summed E-state index contributed by atoms with van der Waals surface area (Å²) in [5, 5.41) is 11.4. The fraction of sp³-hybridized carbons (Fsp3) is 0.105. The first-order valence-corrected chi connectivity index (χ1v) is 6.98. The van der Waals surface area contributed by atoms with Gasteiger partial charge in [0.05, 0.1) is 5.56 Å². The molecule has 2 heteroatoms. The molecule has 0 aliphatic carbocycles. The molecule has 0 amide bonds. The lowest BCUT2D eigenvalue weighted by molar-refractivity contribution is 0.0697. The minimum atomic E-state index is -0.871. The molecule has 2 nitrogen and oxygen atoms in total. The average Bonchev–Trinajstić information content (AvgIpc) is 2.53. The standard InChI is InChI=1S/C19H16O2/c1-13(14-7-3-2-4-8-14)16-12-11-15-9-5-6-10-17(15)18(16)19(20)21/h2-13H,1H3,(H,20,21)/t13-/m0/s1. The molecule has 0 unspecified atom stereocenters. The van der Waals surface area contributed by atoms with E-state index >= 15 is 0 Å². The van der Waals surface area contributed by atoms with Crippen molar-refractivity contribution in [3.8, 4) is 0 Å². The second-order valence-corrected chi connectivity index (χ2v) is 5.19. The average molecular weight is 276 g/mol. The van der Waals surface area contributed by atoms with Gasteiger partial charge >= 0.3 is 5.97 Å². The number of rotatable bonds is 3. The van der Waals surface area contributed by atoms with Gasteiger partial charge in [-0.25, -0.2) is 4.79 Å². The van der Waals surface area contributed by atoms with Crippen molar-refractivity contribution in [2.45, 2.75) is 12.8 Å². The van der Waals surface area contributed by atoms with Crippen LogP contribution in [0.3, 0.4) is 0 Å². The Balaban J connectivity index is 2.23. The van der Waals surface area contributed by atoms with E-state index in [0.717, 1.165) is 21.9 Å². The Hall–Kier alpha value is -2.61. The summed E-state index contributed by atoms with van der Waals surface area (Å²) in [5.74, 6) is -0.827. The van der Waals surface area contributed by atoms with Gasteiger partial charge in [0.15, 0.2) is 0 Å². The van der Waals surface area contributed by atoms with E-state index < -0.39 is 5.97 Å². The van der Waals surface area contributed by atoms with E-state index in [1.54, 1.807) is 0 Å². The van der Waals surface area contributed by atoms with Gasteiger partial charge in [0.2, 0.25) is 0 Å². The van der Waals surface area contributed by atoms with Crippen molar-refractivity contribution in [1.29, 1.82) is 0 Å². The van der Waals surface area contributed by atoms with Crippen LogP contribution in [-0.2, 0) is 0 Å². The molecule has 0 aliphatic heterocycles. The highest BCUT2D eigenvalue weighted by Gasteiger charge is 2.19. The molecule has 21 heavy (non-hydrogen) atoms. The van der Waals surface area contributed by atoms with E-state index in [2.05, 4.69) is 0 Å².